The Morgan fingerprint density at radius 2 is 2.41 bits per heavy atom. The molecule has 0 aliphatic carbocycles. The first-order valence-electron chi connectivity index (χ1n) is 7.36. The Balaban J connectivity index is 2.10. The van der Waals surface area contributed by atoms with Crippen molar-refractivity contribution in [1.82, 2.24) is 9.97 Å². The molecule has 0 bridgehead atoms. The SMILES string of the molecule is COC(=O)CCCN1CCCOCCNc2nc(Cl)ncc21. The lowest BCUT2D eigenvalue weighted by atomic mass is 10.2. The highest BCUT2D eigenvalue weighted by atomic mass is 35.5. The van der Waals surface area contributed by atoms with Crippen molar-refractivity contribution < 1.29 is 14.3 Å². The average molecular weight is 329 g/mol. The second kappa shape index (κ2) is 8.75. The third-order valence-electron chi connectivity index (χ3n) is 3.37. The fourth-order valence-electron chi connectivity index (χ4n) is 2.29. The summed E-state index contributed by atoms with van der Waals surface area (Å²) in [4.78, 5) is 21.7. The van der Waals surface area contributed by atoms with E-state index in [4.69, 9.17) is 16.3 Å². The standard InChI is InChI=1S/C14H21ClN4O3/c1-21-12(20)4-2-6-19-7-3-8-22-9-5-16-13-11(19)10-17-14(15)18-13/h10H,2-9H2,1H3,(H,16,17,18). The van der Waals surface area contributed by atoms with Crippen molar-refractivity contribution in [1.29, 1.82) is 0 Å². The van der Waals surface area contributed by atoms with Crippen LogP contribution >= 0.6 is 11.6 Å². The molecule has 1 aromatic heterocycles. The van der Waals surface area contributed by atoms with E-state index in [2.05, 4.69) is 24.9 Å². The van der Waals surface area contributed by atoms with Gasteiger partial charge >= 0.3 is 5.97 Å². The predicted octanol–water partition coefficient (Wildman–Crippen LogP) is 1.72. The number of carbonyl (C=O) groups is 1. The van der Waals surface area contributed by atoms with Crippen LogP contribution in [0, 0.1) is 0 Å². The van der Waals surface area contributed by atoms with Crippen LogP contribution in [-0.2, 0) is 14.3 Å². The van der Waals surface area contributed by atoms with E-state index in [-0.39, 0.29) is 11.3 Å². The Hall–Kier alpha value is -1.60. The van der Waals surface area contributed by atoms with Gasteiger partial charge in [0.05, 0.1) is 25.6 Å². The molecule has 1 aliphatic heterocycles. The highest BCUT2D eigenvalue weighted by Gasteiger charge is 2.15. The summed E-state index contributed by atoms with van der Waals surface area (Å²) in [6, 6.07) is 0. The van der Waals surface area contributed by atoms with E-state index in [0.717, 1.165) is 25.2 Å². The first-order chi connectivity index (χ1) is 10.7. The quantitative estimate of drug-likeness (QED) is 0.666. The number of aromatic nitrogens is 2. The van der Waals surface area contributed by atoms with E-state index in [9.17, 15) is 4.79 Å². The van der Waals surface area contributed by atoms with Crippen LogP contribution < -0.4 is 10.2 Å². The van der Waals surface area contributed by atoms with Gasteiger partial charge < -0.3 is 19.7 Å². The molecule has 7 nitrogen and oxygen atoms in total. The Morgan fingerprint density at radius 1 is 1.55 bits per heavy atom. The minimum atomic E-state index is -0.199. The number of ether oxygens (including phenoxy) is 2. The zero-order valence-electron chi connectivity index (χ0n) is 12.7. The Morgan fingerprint density at radius 3 is 3.23 bits per heavy atom. The summed E-state index contributed by atoms with van der Waals surface area (Å²) in [6.45, 7) is 3.52. The monoisotopic (exact) mass is 328 g/mol. The van der Waals surface area contributed by atoms with Gasteiger partial charge in [-0.2, -0.15) is 4.98 Å². The largest absolute Gasteiger partial charge is 0.469 e. The Labute approximate surface area is 135 Å². The fraction of sp³-hybridized carbons (Fsp3) is 0.643. The number of anilines is 2. The number of nitrogens with zero attached hydrogens (tertiary/aromatic N) is 3. The second-order valence-electron chi connectivity index (χ2n) is 4.93. The molecule has 0 saturated carbocycles. The van der Waals surface area contributed by atoms with Crippen molar-refractivity contribution in [3.63, 3.8) is 0 Å². The van der Waals surface area contributed by atoms with Crippen molar-refractivity contribution in [2.45, 2.75) is 19.3 Å². The van der Waals surface area contributed by atoms with Gasteiger partial charge in [0.25, 0.3) is 0 Å². The number of methoxy groups -OCH3 is 1. The molecule has 0 saturated heterocycles. The van der Waals surface area contributed by atoms with Gasteiger partial charge in [-0.1, -0.05) is 0 Å². The van der Waals surface area contributed by atoms with Gasteiger partial charge in [0.15, 0.2) is 5.82 Å². The molecule has 1 aliphatic rings. The van der Waals surface area contributed by atoms with E-state index >= 15 is 0 Å². The smallest absolute Gasteiger partial charge is 0.305 e. The van der Waals surface area contributed by atoms with Gasteiger partial charge in [0.1, 0.15) is 0 Å². The molecule has 0 fully saturated rings. The van der Waals surface area contributed by atoms with Gasteiger partial charge in [-0.3, -0.25) is 4.79 Å². The highest BCUT2D eigenvalue weighted by molar-refractivity contribution is 6.28. The number of nitrogens with one attached hydrogen (secondary N) is 1. The molecule has 1 N–H and O–H groups in total. The molecule has 22 heavy (non-hydrogen) atoms. The number of hydrogen-bond acceptors (Lipinski definition) is 7. The predicted molar refractivity (Wildman–Crippen MR) is 84.4 cm³/mol. The lowest BCUT2D eigenvalue weighted by molar-refractivity contribution is -0.140. The van der Waals surface area contributed by atoms with E-state index in [1.165, 1.54) is 7.11 Å². The summed E-state index contributed by atoms with van der Waals surface area (Å²) < 4.78 is 10.2. The van der Waals surface area contributed by atoms with Gasteiger partial charge in [-0.25, -0.2) is 4.98 Å². The molecule has 0 radical (unpaired) electrons. The maximum atomic E-state index is 11.3. The minimum Gasteiger partial charge on any atom is -0.469 e. The van der Waals surface area contributed by atoms with Gasteiger partial charge in [0.2, 0.25) is 5.28 Å². The summed E-state index contributed by atoms with van der Waals surface area (Å²) in [7, 11) is 1.40. The molecule has 122 valence electrons. The third-order valence-corrected chi connectivity index (χ3v) is 3.55. The van der Waals surface area contributed by atoms with Crippen molar-refractivity contribution in [3.05, 3.63) is 11.5 Å². The van der Waals surface area contributed by atoms with Crippen LogP contribution in [0.15, 0.2) is 6.20 Å². The summed E-state index contributed by atoms with van der Waals surface area (Å²) in [5, 5.41) is 3.43. The van der Waals surface area contributed by atoms with Crippen LogP contribution in [0.2, 0.25) is 5.28 Å². The Kier molecular flexibility index (Phi) is 6.67. The van der Waals surface area contributed by atoms with Gasteiger partial charge in [-0.05, 0) is 24.4 Å². The summed E-state index contributed by atoms with van der Waals surface area (Å²) in [5.41, 5.74) is 0.899. The highest BCUT2D eigenvalue weighted by Crippen LogP contribution is 2.25. The zero-order valence-corrected chi connectivity index (χ0v) is 13.4. The van der Waals surface area contributed by atoms with Crippen molar-refractivity contribution in [2.24, 2.45) is 0 Å². The first kappa shape index (κ1) is 16.8. The van der Waals surface area contributed by atoms with Gasteiger partial charge in [-0.15, -0.1) is 0 Å². The summed E-state index contributed by atoms with van der Waals surface area (Å²) in [6.07, 6.45) is 3.72. The molecule has 1 aromatic rings. The van der Waals surface area contributed by atoms with Crippen LogP contribution in [0.1, 0.15) is 19.3 Å². The fourth-order valence-corrected chi connectivity index (χ4v) is 2.42. The van der Waals surface area contributed by atoms with E-state index < -0.39 is 0 Å². The van der Waals surface area contributed by atoms with E-state index in [1.54, 1.807) is 6.20 Å². The topological polar surface area (TPSA) is 76.6 Å². The van der Waals surface area contributed by atoms with Crippen molar-refractivity contribution in [2.75, 3.05) is 50.2 Å². The minimum absolute atomic E-state index is 0.199. The summed E-state index contributed by atoms with van der Waals surface area (Å²) >= 11 is 5.88. The Bertz CT molecular complexity index is 501. The molecule has 2 rings (SSSR count). The van der Waals surface area contributed by atoms with Crippen LogP contribution in [0.3, 0.4) is 0 Å². The molecule has 0 spiro atoms. The molecule has 0 unspecified atom stereocenters. The van der Waals surface area contributed by atoms with Crippen LogP contribution in [0.4, 0.5) is 11.5 Å². The number of rotatable bonds is 4. The lowest BCUT2D eigenvalue weighted by Crippen LogP contribution is -2.30. The van der Waals surface area contributed by atoms with Crippen molar-refractivity contribution >= 4 is 29.1 Å². The third kappa shape index (κ3) is 4.99. The summed E-state index contributed by atoms with van der Waals surface area (Å²) in [5.74, 6) is 0.499. The molecular formula is C14H21ClN4O3. The number of fused-ring (bicyclic) bond motifs is 1. The maximum Gasteiger partial charge on any atom is 0.305 e. The second-order valence-corrected chi connectivity index (χ2v) is 5.27. The average Bonchev–Trinajstić information content (AvgIpc) is 2.52. The van der Waals surface area contributed by atoms with Crippen molar-refractivity contribution in [3.8, 4) is 0 Å². The van der Waals surface area contributed by atoms with Gasteiger partial charge in [0, 0.05) is 32.7 Å². The lowest BCUT2D eigenvalue weighted by Gasteiger charge is -2.27. The van der Waals surface area contributed by atoms with Crippen LogP contribution in [0.5, 0.6) is 0 Å². The maximum absolute atomic E-state index is 11.3. The van der Waals surface area contributed by atoms with Crippen LogP contribution in [-0.4, -0.2) is 55.9 Å². The molecular weight excluding hydrogens is 308 g/mol. The number of carbonyl (C=O) groups excluding carboxylic acids is 1. The van der Waals surface area contributed by atoms with Crippen LogP contribution in [0.25, 0.3) is 0 Å². The number of esters is 1. The molecule has 0 amide bonds. The number of hydrogen-bond donors (Lipinski definition) is 1. The molecule has 0 aromatic carbocycles. The van der Waals surface area contributed by atoms with E-state index in [1.807, 2.05) is 0 Å². The van der Waals surface area contributed by atoms with E-state index in [0.29, 0.717) is 38.4 Å². The zero-order chi connectivity index (χ0) is 15.8. The molecule has 0 atom stereocenters. The number of halogens is 1. The molecule has 2 heterocycles. The normalized spacial score (nSPS) is 15.6. The molecule has 8 heteroatoms. The first-order valence-corrected chi connectivity index (χ1v) is 7.74.